The predicted octanol–water partition coefficient (Wildman–Crippen LogP) is 3.52. The van der Waals surface area contributed by atoms with Crippen molar-refractivity contribution in [3.05, 3.63) is 35.9 Å². The fourth-order valence-electron chi connectivity index (χ4n) is 2.22. The Morgan fingerprint density at radius 2 is 2.06 bits per heavy atom. The highest BCUT2D eigenvalue weighted by Crippen LogP contribution is 2.39. The van der Waals surface area contributed by atoms with Crippen molar-refractivity contribution in [1.29, 1.82) is 0 Å². The molecule has 1 aliphatic heterocycles. The zero-order chi connectivity index (χ0) is 12.3. The molecule has 0 bridgehead atoms. The van der Waals surface area contributed by atoms with Gasteiger partial charge < -0.3 is 5.11 Å². The van der Waals surface area contributed by atoms with Crippen LogP contribution in [0.4, 0.5) is 0 Å². The lowest BCUT2D eigenvalue weighted by Gasteiger charge is -2.36. The molecule has 1 fully saturated rings. The normalized spacial score (nSPS) is 25.7. The van der Waals surface area contributed by atoms with E-state index in [1.165, 1.54) is 5.56 Å². The smallest absolute Gasteiger partial charge is 0.307 e. The second-order valence-electron chi connectivity index (χ2n) is 4.21. The predicted molar refractivity (Wildman–Crippen MR) is 77.9 cm³/mol. The number of nitrogens with zero attached hydrogens (tertiary/aromatic N) is 1. The molecule has 1 heterocycles. The molecule has 1 aliphatic rings. The van der Waals surface area contributed by atoms with E-state index in [2.05, 4.69) is 37.6 Å². The maximum absolute atomic E-state index is 11.0. The zero-order valence-electron chi connectivity index (χ0n) is 9.25. The number of carbonyl (C=O) groups is 1. The lowest BCUT2D eigenvalue weighted by molar-refractivity contribution is -0.143. The molecule has 2 unspecified atom stereocenters. The highest BCUT2D eigenvalue weighted by Gasteiger charge is 2.32. The molecule has 0 radical (unpaired) electrons. The lowest BCUT2D eigenvalue weighted by atomic mass is 9.91. The molecule has 3 nitrogen and oxygen atoms in total. The van der Waals surface area contributed by atoms with Gasteiger partial charge in [-0.2, -0.15) is 0 Å². The van der Waals surface area contributed by atoms with E-state index in [9.17, 15) is 4.79 Å². The van der Waals surface area contributed by atoms with Gasteiger partial charge in [0.1, 0.15) is 0 Å². The summed E-state index contributed by atoms with van der Waals surface area (Å²) in [6.07, 6.45) is 1.68. The number of halogens is 1. The molecule has 2 atom stereocenters. The molecule has 1 N–H and O–H groups in total. The Hall–Kier alpha value is -0.270. The van der Waals surface area contributed by atoms with Crippen LogP contribution < -0.4 is 0 Å². The van der Waals surface area contributed by atoms with Crippen molar-refractivity contribution in [2.45, 2.75) is 18.9 Å². The topological polar surface area (TPSA) is 40.5 Å². The van der Waals surface area contributed by atoms with Crippen molar-refractivity contribution in [3.8, 4) is 0 Å². The standard InChI is InChI=1S/C12H14INO2S/c13-17-14-8-10(12(15)16)6-7-11(14)9-4-2-1-3-5-9/h1-5,10-11H,6-8H2,(H,15,16). The van der Waals surface area contributed by atoms with E-state index in [-0.39, 0.29) is 5.92 Å². The highest BCUT2D eigenvalue weighted by molar-refractivity contribution is 14.2. The molecule has 0 aliphatic carbocycles. The molecule has 1 saturated heterocycles. The van der Waals surface area contributed by atoms with Gasteiger partial charge in [0.05, 0.1) is 5.92 Å². The molecule has 0 spiro atoms. The van der Waals surface area contributed by atoms with E-state index in [1.54, 1.807) is 9.12 Å². The summed E-state index contributed by atoms with van der Waals surface area (Å²) in [6.45, 7) is 0.627. The quantitative estimate of drug-likeness (QED) is 0.659. The molecular weight excluding hydrogens is 349 g/mol. The van der Waals surface area contributed by atoms with Gasteiger partial charge in [0.2, 0.25) is 0 Å². The molecule has 0 saturated carbocycles. The van der Waals surface area contributed by atoms with Crippen molar-refractivity contribution in [2.75, 3.05) is 6.54 Å². The molecule has 5 heteroatoms. The van der Waals surface area contributed by atoms with Crippen LogP contribution in [-0.2, 0) is 4.79 Å². The number of benzene rings is 1. The molecule has 17 heavy (non-hydrogen) atoms. The van der Waals surface area contributed by atoms with Gasteiger partial charge in [0.25, 0.3) is 0 Å². The van der Waals surface area contributed by atoms with Crippen molar-refractivity contribution < 1.29 is 9.90 Å². The summed E-state index contributed by atoms with van der Waals surface area (Å²) >= 11 is 2.23. The second kappa shape index (κ2) is 6.06. The Bertz CT molecular complexity index is 387. The van der Waals surface area contributed by atoms with Crippen LogP contribution in [0.3, 0.4) is 0 Å². The van der Waals surface area contributed by atoms with Gasteiger partial charge in [-0.3, -0.25) is 4.79 Å². The number of hydrogen-bond acceptors (Lipinski definition) is 3. The largest absolute Gasteiger partial charge is 0.481 e. The summed E-state index contributed by atoms with van der Waals surface area (Å²) in [5, 5.41) is 9.07. The zero-order valence-corrected chi connectivity index (χ0v) is 12.2. The van der Waals surface area contributed by atoms with Crippen molar-refractivity contribution in [2.24, 2.45) is 5.92 Å². The highest BCUT2D eigenvalue weighted by atomic mass is 127. The third-order valence-electron chi connectivity index (χ3n) is 3.16. The van der Waals surface area contributed by atoms with E-state index < -0.39 is 5.97 Å². The first-order valence-corrected chi connectivity index (χ1v) is 8.87. The van der Waals surface area contributed by atoms with Crippen LogP contribution in [-0.4, -0.2) is 21.9 Å². The molecule has 92 valence electrons. The molecule has 1 aromatic rings. The molecule has 1 aromatic carbocycles. The van der Waals surface area contributed by atoms with Crippen molar-refractivity contribution >= 4 is 36.3 Å². The Morgan fingerprint density at radius 1 is 1.35 bits per heavy atom. The summed E-state index contributed by atoms with van der Waals surface area (Å²) in [5.74, 6) is -0.899. The number of rotatable bonds is 3. The van der Waals surface area contributed by atoms with E-state index in [4.69, 9.17) is 5.11 Å². The van der Waals surface area contributed by atoms with Gasteiger partial charge in [-0.1, -0.05) is 30.3 Å². The number of aliphatic carboxylic acids is 1. The Balaban J connectivity index is 2.12. The van der Waals surface area contributed by atoms with E-state index >= 15 is 0 Å². The van der Waals surface area contributed by atoms with Gasteiger partial charge in [-0.25, -0.2) is 4.31 Å². The summed E-state index contributed by atoms with van der Waals surface area (Å²) in [7, 11) is 1.61. The third-order valence-corrected chi connectivity index (χ3v) is 5.26. The maximum atomic E-state index is 11.0. The van der Waals surface area contributed by atoms with Crippen LogP contribution in [0.5, 0.6) is 0 Å². The maximum Gasteiger partial charge on any atom is 0.307 e. The summed E-state index contributed by atoms with van der Waals surface area (Å²) in [6, 6.07) is 10.7. The fraction of sp³-hybridized carbons (Fsp3) is 0.417. The monoisotopic (exact) mass is 363 g/mol. The fourth-order valence-corrected chi connectivity index (χ4v) is 4.09. The molecular formula is C12H14INO2S. The SMILES string of the molecule is O=C(O)C1CCC(c2ccccc2)N(SI)C1. The molecule has 0 aromatic heterocycles. The second-order valence-corrected chi connectivity index (χ2v) is 6.00. The Kier molecular flexibility index (Phi) is 4.69. The van der Waals surface area contributed by atoms with E-state index in [0.717, 1.165) is 12.8 Å². The van der Waals surface area contributed by atoms with E-state index in [1.807, 2.05) is 18.2 Å². The van der Waals surface area contributed by atoms with Gasteiger partial charge in [-0.15, -0.1) is 0 Å². The Morgan fingerprint density at radius 3 is 2.65 bits per heavy atom. The van der Waals surface area contributed by atoms with Gasteiger partial charge in [-0.05, 0) is 27.5 Å². The minimum absolute atomic E-state index is 0.225. The van der Waals surface area contributed by atoms with Crippen LogP contribution >= 0.6 is 30.3 Å². The van der Waals surface area contributed by atoms with E-state index in [0.29, 0.717) is 12.6 Å². The van der Waals surface area contributed by atoms with Crippen LogP contribution in [0.15, 0.2) is 30.3 Å². The van der Waals surface area contributed by atoms with Crippen LogP contribution in [0, 0.1) is 5.92 Å². The van der Waals surface area contributed by atoms with Gasteiger partial charge in [0.15, 0.2) is 0 Å². The van der Waals surface area contributed by atoms with Gasteiger partial charge >= 0.3 is 5.97 Å². The number of carboxylic acids is 1. The first-order valence-electron chi connectivity index (χ1n) is 5.55. The third kappa shape index (κ3) is 3.14. The first-order chi connectivity index (χ1) is 8.22. The Labute approximate surface area is 117 Å². The van der Waals surface area contributed by atoms with Gasteiger partial charge in [0, 0.05) is 33.8 Å². The van der Waals surface area contributed by atoms with Crippen LogP contribution in [0.1, 0.15) is 24.4 Å². The van der Waals surface area contributed by atoms with Crippen molar-refractivity contribution in [3.63, 3.8) is 0 Å². The van der Waals surface area contributed by atoms with Crippen molar-refractivity contribution in [1.82, 2.24) is 4.31 Å². The lowest BCUT2D eigenvalue weighted by Crippen LogP contribution is -2.36. The van der Waals surface area contributed by atoms with Crippen LogP contribution in [0.25, 0.3) is 0 Å². The average Bonchev–Trinajstić information content (AvgIpc) is 2.39. The minimum Gasteiger partial charge on any atom is -0.481 e. The van der Waals surface area contributed by atoms with Crippen LogP contribution in [0.2, 0.25) is 0 Å². The summed E-state index contributed by atoms with van der Waals surface area (Å²) in [4.78, 5) is 11.0. The average molecular weight is 363 g/mol. The number of carboxylic acid groups (broad SMARTS) is 1. The number of hydrogen-bond donors (Lipinski definition) is 1. The summed E-state index contributed by atoms with van der Waals surface area (Å²) < 4.78 is 2.18. The first kappa shape index (κ1) is 13.2. The number of piperidine rings is 1. The molecule has 2 rings (SSSR count). The minimum atomic E-state index is -0.674. The summed E-state index contributed by atoms with van der Waals surface area (Å²) in [5.41, 5.74) is 1.28. The molecule has 0 amide bonds.